The van der Waals surface area contributed by atoms with Crippen molar-refractivity contribution in [1.82, 2.24) is 9.80 Å². The smallest absolute Gasteiger partial charge is 0.224 e. The Kier molecular flexibility index (Phi) is 5.59. The van der Waals surface area contributed by atoms with Crippen molar-refractivity contribution in [3.8, 4) is 5.75 Å². The molecule has 1 atom stereocenters. The number of likely N-dealkylation sites (N-methyl/N-ethyl adjacent to an activating group) is 1. The van der Waals surface area contributed by atoms with Crippen molar-refractivity contribution in [3.05, 3.63) is 29.8 Å². The number of benzene rings is 1. The van der Waals surface area contributed by atoms with Gasteiger partial charge in [-0.2, -0.15) is 0 Å². The zero-order valence-corrected chi connectivity index (χ0v) is 13.0. The molecule has 1 amide bonds. The minimum absolute atomic E-state index is 0.170. The van der Waals surface area contributed by atoms with Crippen LogP contribution in [0, 0.1) is 0 Å². The Hall–Kier alpha value is -1.59. The first-order chi connectivity index (χ1) is 10.2. The highest BCUT2D eigenvalue weighted by molar-refractivity contribution is 5.76. The number of ether oxygens (including phenoxy) is 2. The molecule has 1 fully saturated rings. The van der Waals surface area contributed by atoms with E-state index in [-0.39, 0.29) is 11.9 Å². The summed E-state index contributed by atoms with van der Waals surface area (Å²) in [5.74, 6) is 1.02. The van der Waals surface area contributed by atoms with Gasteiger partial charge in [0.2, 0.25) is 5.91 Å². The zero-order valence-electron chi connectivity index (χ0n) is 13.0. The Labute approximate surface area is 126 Å². The summed E-state index contributed by atoms with van der Waals surface area (Å²) >= 11 is 0. The highest BCUT2D eigenvalue weighted by atomic mass is 16.5. The van der Waals surface area contributed by atoms with Gasteiger partial charge < -0.3 is 14.4 Å². The highest BCUT2D eigenvalue weighted by Gasteiger charge is 2.28. The van der Waals surface area contributed by atoms with Gasteiger partial charge in [-0.3, -0.25) is 9.69 Å². The van der Waals surface area contributed by atoms with Crippen LogP contribution in [0.3, 0.4) is 0 Å². The Balaban J connectivity index is 2.04. The van der Waals surface area contributed by atoms with Crippen molar-refractivity contribution in [2.75, 3.05) is 47.5 Å². The molecule has 0 radical (unpaired) electrons. The predicted octanol–water partition coefficient (Wildman–Crippen LogP) is 1.55. The van der Waals surface area contributed by atoms with Gasteiger partial charge in [0.05, 0.1) is 26.2 Å². The molecular formula is C16H24N2O3. The van der Waals surface area contributed by atoms with E-state index in [2.05, 4.69) is 24.1 Å². The Morgan fingerprint density at radius 1 is 1.24 bits per heavy atom. The summed E-state index contributed by atoms with van der Waals surface area (Å²) in [6, 6.07) is 8.31. The van der Waals surface area contributed by atoms with Crippen LogP contribution in [0.2, 0.25) is 0 Å². The number of amides is 1. The first-order valence-corrected chi connectivity index (χ1v) is 7.26. The number of hydrogen-bond donors (Lipinski definition) is 0. The van der Waals surface area contributed by atoms with E-state index in [0.29, 0.717) is 13.0 Å². The Bertz CT molecular complexity index is 461. The lowest BCUT2D eigenvalue weighted by Gasteiger charge is -2.39. The third kappa shape index (κ3) is 3.95. The maximum Gasteiger partial charge on any atom is 0.224 e. The van der Waals surface area contributed by atoms with E-state index in [1.165, 1.54) is 5.56 Å². The first kappa shape index (κ1) is 15.8. The highest BCUT2D eigenvalue weighted by Crippen LogP contribution is 2.26. The molecule has 1 aromatic rings. The fourth-order valence-corrected chi connectivity index (χ4v) is 2.63. The maximum atomic E-state index is 12.1. The van der Waals surface area contributed by atoms with Crippen molar-refractivity contribution < 1.29 is 14.3 Å². The molecule has 1 aliphatic heterocycles. The van der Waals surface area contributed by atoms with Gasteiger partial charge in [0.25, 0.3) is 0 Å². The molecule has 0 unspecified atom stereocenters. The van der Waals surface area contributed by atoms with Crippen LogP contribution < -0.4 is 4.74 Å². The molecule has 0 bridgehead atoms. The molecular weight excluding hydrogens is 268 g/mol. The lowest BCUT2D eigenvalue weighted by atomic mass is 10.0. The summed E-state index contributed by atoms with van der Waals surface area (Å²) in [4.78, 5) is 16.4. The van der Waals surface area contributed by atoms with E-state index in [0.717, 1.165) is 25.4 Å². The number of carbonyl (C=O) groups is 1. The van der Waals surface area contributed by atoms with Crippen molar-refractivity contribution in [3.63, 3.8) is 0 Å². The Morgan fingerprint density at radius 2 is 1.95 bits per heavy atom. The van der Waals surface area contributed by atoms with Crippen LogP contribution in [0.4, 0.5) is 0 Å². The van der Waals surface area contributed by atoms with Gasteiger partial charge in [0.15, 0.2) is 0 Å². The standard InChI is InChI=1S/C16H24N2O3/c1-17-9-10-18(16(19)8-11-20-2)12-15(17)13-4-6-14(21-3)7-5-13/h4-7,15H,8-12H2,1-3H3/t15-/m1/s1. The van der Waals surface area contributed by atoms with Gasteiger partial charge >= 0.3 is 0 Å². The van der Waals surface area contributed by atoms with Crippen molar-refractivity contribution >= 4 is 5.91 Å². The van der Waals surface area contributed by atoms with Gasteiger partial charge in [-0.15, -0.1) is 0 Å². The SMILES string of the molecule is COCCC(=O)N1CCN(C)[C@@H](c2ccc(OC)cc2)C1. The summed E-state index contributed by atoms with van der Waals surface area (Å²) in [7, 11) is 5.39. The molecule has 0 aliphatic carbocycles. The van der Waals surface area contributed by atoms with Crippen LogP contribution in [0.15, 0.2) is 24.3 Å². The number of piperazine rings is 1. The van der Waals surface area contributed by atoms with E-state index < -0.39 is 0 Å². The molecule has 0 spiro atoms. The largest absolute Gasteiger partial charge is 0.497 e. The Morgan fingerprint density at radius 3 is 2.57 bits per heavy atom. The van der Waals surface area contributed by atoms with Crippen molar-refractivity contribution in [2.24, 2.45) is 0 Å². The molecule has 1 saturated heterocycles. The summed E-state index contributed by atoms with van der Waals surface area (Å²) in [5.41, 5.74) is 1.21. The zero-order chi connectivity index (χ0) is 15.2. The average Bonchev–Trinajstić information content (AvgIpc) is 2.53. The molecule has 0 N–H and O–H groups in total. The van der Waals surface area contributed by atoms with E-state index in [9.17, 15) is 4.79 Å². The predicted molar refractivity (Wildman–Crippen MR) is 81.4 cm³/mol. The topological polar surface area (TPSA) is 42.0 Å². The van der Waals surface area contributed by atoms with Crippen LogP contribution in [-0.4, -0.2) is 63.2 Å². The lowest BCUT2D eigenvalue weighted by molar-refractivity contribution is -0.134. The minimum atomic E-state index is 0.170. The summed E-state index contributed by atoms with van der Waals surface area (Å²) in [6.45, 7) is 2.88. The molecule has 116 valence electrons. The van der Waals surface area contributed by atoms with E-state index in [1.54, 1.807) is 14.2 Å². The van der Waals surface area contributed by atoms with Crippen LogP contribution >= 0.6 is 0 Å². The first-order valence-electron chi connectivity index (χ1n) is 7.26. The molecule has 2 rings (SSSR count). The van der Waals surface area contributed by atoms with Crippen LogP contribution in [0.25, 0.3) is 0 Å². The number of rotatable bonds is 5. The third-order valence-electron chi connectivity index (χ3n) is 4.02. The van der Waals surface area contributed by atoms with Gasteiger partial charge in [-0.1, -0.05) is 12.1 Å². The normalized spacial score (nSPS) is 19.6. The molecule has 1 aromatic carbocycles. The summed E-state index contributed by atoms with van der Waals surface area (Å²) < 4.78 is 10.2. The quantitative estimate of drug-likeness (QED) is 0.826. The summed E-state index contributed by atoms with van der Waals surface area (Å²) in [5, 5.41) is 0. The summed E-state index contributed by atoms with van der Waals surface area (Å²) in [6.07, 6.45) is 0.454. The van der Waals surface area contributed by atoms with Gasteiger partial charge in [0.1, 0.15) is 5.75 Å². The van der Waals surface area contributed by atoms with E-state index in [1.807, 2.05) is 17.0 Å². The minimum Gasteiger partial charge on any atom is -0.497 e. The maximum absolute atomic E-state index is 12.1. The molecule has 0 aromatic heterocycles. The molecule has 21 heavy (non-hydrogen) atoms. The average molecular weight is 292 g/mol. The number of carbonyl (C=O) groups excluding carboxylic acids is 1. The van der Waals surface area contributed by atoms with Gasteiger partial charge in [-0.25, -0.2) is 0 Å². The molecule has 5 heteroatoms. The lowest BCUT2D eigenvalue weighted by Crippen LogP contribution is -2.49. The fourth-order valence-electron chi connectivity index (χ4n) is 2.63. The fraction of sp³-hybridized carbons (Fsp3) is 0.562. The second-order valence-electron chi connectivity index (χ2n) is 5.35. The molecule has 1 heterocycles. The third-order valence-corrected chi connectivity index (χ3v) is 4.02. The number of nitrogens with zero attached hydrogens (tertiary/aromatic N) is 2. The monoisotopic (exact) mass is 292 g/mol. The second kappa shape index (κ2) is 7.43. The van der Waals surface area contributed by atoms with Crippen molar-refractivity contribution in [2.45, 2.75) is 12.5 Å². The van der Waals surface area contributed by atoms with E-state index >= 15 is 0 Å². The van der Waals surface area contributed by atoms with Crippen LogP contribution in [0.5, 0.6) is 5.75 Å². The van der Waals surface area contributed by atoms with Gasteiger partial charge in [-0.05, 0) is 24.7 Å². The van der Waals surface area contributed by atoms with Gasteiger partial charge in [0, 0.05) is 26.7 Å². The van der Waals surface area contributed by atoms with Crippen molar-refractivity contribution in [1.29, 1.82) is 0 Å². The second-order valence-corrected chi connectivity index (χ2v) is 5.35. The molecule has 5 nitrogen and oxygen atoms in total. The molecule has 1 aliphatic rings. The number of methoxy groups -OCH3 is 2. The molecule has 0 saturated carbocycles. The van der Waals surface area contributed by atoms with E-state index in [4.69, 9.17) is 9.47 Å². The number of hydrogen-bond acceptors (Lipinski definition) is 4. The van der Waals surface area contributed by atoms with Crippen LogP contribution in [-0.2, 0) is 9.53 Å². The van der Waals surface area contributed by atoms with Crippen LogP contribution in [0.1, 0.15) is 18.0 Å².